The molecule has 0 bridgehead atoms. The molecule has 19 heavy (non-hydrogen) atoms. The Morgan fingerprint density at radius 3 is 3.00 bits per heavy atom. The number of likely N-dealkylation sites (tertiary alicyclic amines) is 1. The van der Waals surface area contributed by atoms with Crippen molar-refractivity contribution in [1.82, 2.24) is 10.2 Å². The molecule has 5 heteroatoms. The molecule has 2 heterocycles. The molecule has 1 aromatic carbocycles. The number of benzene rings is 1. The molecule has 3 rings (SSSR count). The van der Waals surface area contributed by atoms with E-state index in [1.54, 1.807) is 11.0 Å². The molecule has 1 N–H and O–H groups in total. The molecule has 1 aromatic rings. The molecule has 0 aromatic heterocycles. The molecule has 0 unspecified atom stereocenters. The van der Waals surface area contributed by atoms with Gasteiger partial charge in [0.15, 0.2) is 0 Å². The Hall–Kier alpha value is -1.62. The second kappa shape index (κ2) is 4.81. The largest absolute Gasteiger partial charge is 0.497 e. The monoisotopic (exact) mass is 264 g/mol. The number of methoxy groups -OCH3 is 1. The summed E-state index contributed by atoms with van der Waals surface area (Å²) in [5.41, 5.74) is 0.126. The smallest absolute Gasteiger partial charge is 0.256 e. The third kappa shape index (κ3) is 2.18. The fourth-order valence-electron chi connectivity index (χ4n) is 2.98. The number of carbonyl (C=O) groups excluding carboxylic acids is 1. The molecule has 0 aliphatic carbocycles. The van der Waals surface area contributed by atoms with Crippen molar-refractivity contribution in [1.29, 1.82) is 0 Å². The number of hydrogen-bond donors (Lipinski definition) is 1. The molecular formula is C14H17FN2O2. The summed E-state index contributed by atoms with van der Waals surface area (Å²) < 4.78 is 18.8. The minimum absolute atomic E-state index is 0.126. The predicted octanol–water partition coefficient (Wildman–Crippen LogP) is 1.27. The number of rotatable bonds is 2. The van der Waals surface area contributed by atoms with Gasteiger partial charge in [-0.2, -0.15) is 0 Å². The first kappa shape index (κ1) is 12.4. The Kier molecular flexibility index (Phi) is 3.14. The predicted molar refractivity (Wildman–Crippen MR) is 68.8 cm³/mol. The van der Waals surface area contributed by atoms with Crippen molar-refractivity contribution in [3.8, 4) is 5.75 Å². The van der Waals surface area contributed by atoms with E-state index in [-0.39, 0.29) is 11.5 Å². The van der Waals surface area contributed by atoms with Crippen LogP contribution in [-0.2, 0) is 0 Å². The fourth-order valence-corrected chi connectivity index (χ4v) is 2.98. The van der Waals surface area contributed by atoms with Crippen molar-refractivity contribution in [3.63, 3.8) is 0 Å². The van der Waals surface area contributed by atoms with E-state index in [0.717, 1.165) is 19.5 Å². The van der Waals surface area contributed by atoms with E-state index in [2.05, 4.69) is 5.32 Å². The summed E-state index contributed by atoms with van der Waals surface area (Å²) in [7, 11) is 1.48. The number of halogens is 1. The van der Waals surface area contributed by atoms with Crippen LogP contribution >= 0.6 is 0 Å². The van der Waals surface area contributed by atoms with E-state index in [9.17, 15) is 9.18 Å². The number of amides is 1. The van der Waals surface area contributed by atoms with Gasteiger partial charge in [-0.05, 0) is 31.0 Å². The standard InChI is InChI=1S/C14H17FN2O2/c1-19-10-2-3-11(12(15)6-10)14(18)17-7-9-4-5-16-13(9)8-17/h2-3,6,9,13,16H,4-5,7-8H2,1H3/t9-,13+/m0/s1. The van der Waals surface area contributed by atoms with Crippen molar-refractivity contribution in [2.75, 3.05) is 26.7 Å². The first-order valence-electron chi connectivity index (χ1n) is 6.55. The Bertz CT molecular complexity index is 494. The van der Waals surface area contributed by atoms with Gasteiger partial charge in [-0.15, -0.1) is 0 Å². The molecule has 102 valence electrons. The number of hydrogen-bond acceptors (Lipinski definition) is 3. The second-order valence-electron chi connectivity index (χ2n) is 5.17. The maximum absolute atomic E-state index is 13.9. The van der Waals surface area contributed by atoms with Crippen LogP contribution < -0.4 is 10.1 Å². The highest BCUT2D eigenvalue weighted by Crippen LogP contribution is 2.27. The Morgan fingerprint density at radius 1 is 1.47 bits per heavy atom. The maximum Gasteiger partial charge on any atom is 0.256 e. The van der Waals surface area contributed by atoms with E-state index < -0.39 is 5.82 Å². The third-order valence-corrected chi connectivity index (χ3v) is 4.06. The molecule has 2 aliphatic rings. The summed E-state index contributed by atoms with van der Waals surface area (Å²) in [6.45, 7) is 2.42. The van der Waals surface area contributed by atoms with Crippen LogP contribution in [0.25, 0.3) is 0 Å². The minimum atomic E-state index is -0.519. The first-order chi connectivity index (χ1) is 9.19. The summed E-state index contributed by atoms with van der Waals surface area (Å²) in [4.78, 5) is 14.1. The number of ether oxygens (including phenoxy) is 1. The molecule has 0 radical (unpaired) electrons. The lowest BCUT2D eigenvalue weighted by atomic mass is 10.1. The molecule has 2 atom stereocenters. The lowest BCUT2D eigenvalue weighted by Crippen LogP contribution is -2.34. The van der Waals surface area contributed by atoms with E-state index in [1.165, 1.54) is 19.2 Å². The van der Waals surface area contributed by atoms with Crippen molar-refractivity contribution in [2.24, 2.45) is 5.92 Å². The molecule has 2 aliphatic heterocycles. The SMILES string of the molecule is COc1ccc(C(=O)N2C[C@@H]3CCN[C@@H]3C2)c(F)c1. The van der Waals surface area contributed by atoms with Gasteiger partial charge in [0.05, 0.1) is 12.7 Å². The molecule has 4 nitrogen and oxygen atoms in total. The minimum Gasteiger partial charge on any atom is -0.497 e. The third-order valence-electron chi connectivity index (χ3n) is 4.06. The highest BCUT2D eigenvalue weighted by molar-refractivity contribution is 5.94. The van der Waals surface area contributed by atoms with Gasteiger partial charge in [0.1, 0.15) is 11.6 Å². The Balaban J connectivity index is 1.77. The molecule has 0 spiro atoms. The van der Waals surface area contributed by atoms with Gasteiger partial charge in [0, 0.05) is 25.2 Å². The molecule has 2 fully saturated rings. The van der Waals surface area contributed by atoms with E-state index >= 15 is 0 Å². The van der Waals surface area contributed by atoms with Gasteiger partial charge in [0.2, 0.25) is 0 Å². The summed E-state index contributed by atoms with van der Waals surface area (Å²) in [5.74, 6) is 0.199. The van der Waals surface area contributed by atoms with Crippen molar-refractivity contribution in [3.05, 3.63) is 29.6 Å². The van der Waals surface area contributed by atoms with Gasteiger partial charge in [0.25, 0.3) is 5.91 Å². The van der Waals surface area contributed by atoms with Crippen LogP contribution in [0.5, 0.6) is 5.75 Å². The molecular weight excluding hydrogens is 247 g/mol. The Labute approximate surface area is 111 Å². The Morgan fingerprint density at radius 2 is 2.32 bits per heavy atom. The summed E-state index contributed by atoms with van der Waals surface area (Å²) >= 11 is 0. The highest BCUT2D eigenvalue weighted by atomic mass is 19.1. The quantitative estimate of drug-likeness (QED) is 0.874. The molecule has 0 saturated carbocycles. The van der Waals surface area contributed by atoms with Crippen LogP contribution in [0, 0.1) is 11.7 Å². The fraction of sp³-hybridized carbons (Fsp3) is 0.500. The first-order valence-corrected chi connectivity index (χ1v) is 6.55. The zero-order valence-corrected chi connectivity index (χ0v) is 10.9. The number of nitrogens with zero attached hydrogens (tertiary/aromatic N) is 1. The van der Waals surface area contributed by atoms with E-state index in [1.807, 2.05) is 0 Å². The van der Waals surface area contributed by atoms with Crippen LogP contribution in [0.15, 0.2) is 18.2 Å². The summed E-state index contributed by atoms with van der Waals surface area (Å²) in [6, 6.07) is 4.75. The van der Waals surface area contributed by atoms with Crippen LogP contribution in [-0.4, -0.2) is 43.6 Å². The van der Waals surface area contributed by atoms with Crippen molar-refractivity contribution >= 4 is 5.91 Å². The summed E-state index contributed by atoms with van der Waals surface area (Å²) in [6.07, 6.45) is 1.10. The van der Waals surface area contributed by atoms with Crippen molar-refractivity contribution < 1.29 is 13.9 Å². The average molecular weight is 264 g/mol. The van der Waals surface area contributed by atoms with E-state index in [4.69, 9.17) is 4.74 Å². The van der Waals surface area contributed by atoms with Gasteiger partial charge in [-0.3, -0.25) is 4.79 Å². The molecule has 1 amide bonds. The van der Waals surface area contributed by atoms with Gasteiger partial charge < -0.3 is 15.0 Å². The summed E-state index contributed by atoms with van der Waals surface area (Å²) in [5, 5.41) is 3.38. The van der Waals surface area contributed by atoms with Gasteiger partial charge in [-0.25, -0.2) is 4.39 Å². The van der Waals surface area contributed by atoms with Gasteiger partial charge >= 0.3 is 0 Å². The average Bonchev–Trinajstić information content (AvgIpc) is 2.98. The van der Waals surface area contributed by atoms with Crippen molar-refractivity contribution in [2.45, 2.75) is 12.5 Å². The van der Waals surface area contributed by atoms with Crippen LogP contribution in [0.2, 0.25) is 0 Å². The lowest BCUT2D eigenvalue weighted by Gasteiger charge is -2.18. The molecule has 2 saturated heterocycles. The zero-order valence-electron chi connectivity index (χ0n) is 10.9. The van der Waals surface area contributed by atoms with Crippen LogP contribution in [0.1, 0.15) is 16.8 Å². The number of fused-ring (bicyclic) bond motifs is 1. The van der Waals surface area contributed by atoms with Crippen LogP contribution in [0.3, 0.4) is 0 Å². The maximum atomic E-state index is 13.9. The normalized spacial score (nSPS) is 25.5. The van der Waals surface area contributed by atoms with Gasteiger partial charge in [-0.1, -0.05) is 0 Å². The number of nitrogens with one attached hydrogen (secondary N) is 1. The van der Waals surface area contributed by atoms with Crippen LogP contribution in [0.4, 0.5) is 4.39 Å². The zero-order chi connectivity index (χ0) is 13.4. The van der Waals surface area contributed by atoms with E-state index in [0.29, 0.717) is 24.3 Å². The number of carbonyl (C=O) groups is 1. The lowest BCUT2D eigenvalue weighted by molar-refractivity contribution is 0.0778. The topological polar surface area (TPSA) is 41.6 Å². The second-order valence-corrected chi connectivity index (χ2v) is 5.17. The highest BCUT2D eigenvalue weighted by Gasteiger charge is 2.38.